The van der Waals surface area contributed by atoms with E-state index in [9.17, 15) is 9.90 Å². The smallest absolute Gasteiger partial charge is 0.347 e. The second kappa shape index (κ2) is 6.15. The second-order valence-electron chi connectivity index (χ2n) is 5.88. The Balaban J connectivity index is 1.69. The van der Waals surface area contributed by atoms with Crippen molar-refractivity contribution in [3.63, 3.8) is 0 Å². The van der Waals surface area contributed by atoms with E-state index in [1.54, 1.807) is 6.92 Å². The number of hydrogen-bond acceptors (Lipinski definition) is 3. The van der Waals surface area contributed by atoms with Gasteiger partial charge in [0.05, 0.1) is 5.69 Å². The van der Waals surface area contributed by atoms with Crippen molar-refractivity contribution in [3.05, 3.63) is 77.3 Å². The number of carboxylic acids is 1. The van der Waals surface area contributed by atoms with E-state index >= 15 is 0 Å². The van der Waals surface area contributed by atoms with E-state index in [2.05, 4.69) is 47.4 Å². The van der Waals surface area contributed by atoms with Gasteiger partial charge in [-0.25, -0.2) is 9.78 Å². The van der Waals surface area contributed by atoms with Crippen molar-refractivity contribution in [3.8, 4) is 21.7 Å². The van der Waals surface area contributed by atoms with E-state index in [1.165, 1.54) is 22.1 Å². The summed E-state index contributed by atoms with van der Waals surface area (Å²) in [6.45, 7) is 1.73. The summed E-state index contributed by atoms with van der Waals surface area (Å²) < 4.78 is 0. The highest BCUT2D eigenvalue weighted by molar-refractivity contribution is 7.17. The molecule has 4 heteroatoms. The largest absolute Gasteiger partial charge is 0.477 e. The minimum Gasteiger partial charge on any atom is -0.477 e. The maximum Gasteiger partial charge on any atom is 0.347 e. The predicted octanol–water partition coefficient (Wildman–Crippen LogP) is 5.64. The molecule has 0 amide bonds. The number of aromatic nitrogens is 1. The highest BCUT2D eigenvalue weighted by atomic mass is 32.1. The monoisotopic (exact) mass is 345 g/mol. The predicted molar refractivity (Wildman–Crippen MR) is 102 cm³/mol. The molecule has 0 aliphatic heterocycles. The number of carbonyl (C=O) groups is 1. The fourth-order valence-corrected chi connectivity index (χ4v) is 3.80. The molecule has 3 aromatic carbocycles. The number of rotatable bonds is 3. The molecular weight excluding hydrogens is 330 g/mol. The molecule has 1 aromatic heterocycles. The Kier molecular flexibility index (Phi) is 3.82. The molecule has 0 spiro atoms. The van der Waals surface area contributed by atoms with Crippen molar-refractivity contribution in [2.45, 2.75) is 6.92 Å². The van der Waals surface area contributed by atoms with Crippen LogP contribution in [-0.2, 0) is 0 Å². The van der Waals surface area contributed by atoms with Crippen LogP contribution in [0.4, 0.5) is 0 Å². The van der Waals surface area contributed by atoms with Gasteiger partial charge in [-0.2, -0.15) is 0 Å². The van der Waals surface area contributed by atoms with Gasteiger partial charge in [0.15, 0.2) is 0 Å². The highest BCUT2D eigenvalue weighted by Crippen LogP contribution is 2.30. The zero-order chi connectivity index (χ0) is 17.4. The number of benzene rings is 3. The van der Waals surface area contributed by atoms with Crippen LogP contribution in [0.15, 0.2) is 66.7 Å². The van der Waals surface area contributed by atoms with E-state index in [4.69, 9.17) is 0 Å². The minimum atomic E-state index is -0.922. The van der Waals surface area contributed by atoms with Gasteiger partial charge >= 0.3 is 5.97 Å². The quantitative estimate of drug-likeness (QED) is 0.523. The molecule has 4 rings (SSSR count). The zero-order valence-electron chi connectivity index (χ0n) is 13.6. The lowest BCUT2D eigenvalue weighted by Gasteiger charge is -2.05. The number of thiazole rings is 1. The molecule has 0 aliphatic carbocycles. The van der Waals surface area contributed by atoms with Crippen molar-refractivity contribution in [1.29, 1.82) is 0 Å². The molecule has 0 bridgehead atoms. The van der Waals surface area contributed by atoms with Crippen LogP contribution < -0.4 is 0 Å². The first-order valence-corrected chi connectivity index (χ1v) is 8.74. The molecule has 3 nitrogen and oxygen atoms in total. The summed E-state index contributed by atoms with van der Waals surface area (Å²) in [4.78, 5) is 15.9. The summed E-state index contributed by atoms with van der Waals surface area (Å²) in [5, 5.41) is 12.3. The molecule has 122 valence electrons. The lowest BCUT2D eigenvalue weighted by atomic mass is 10.0. The van der Waals surface area contributed by atoms with Gasteiger partial charge < -0.3 is 5.11 Å². The Morgan fingerprint density at radius 1 is 0.880 bits per heavy atom. The van der Waals surface area contributed by atoms with Crippen molar-refractivity contribution >= 4 is 28.1 Å². The van der Waals surface area contributed by atoms with Gasteiger partial charge in [-0.05, 0) is 34.9 Å². The Bertz CT molecular complexity index is 1080. The molecule has 1 N–H and O–H groups in total. The van der Waals surface area contributed by atoms with Crippen molar-refractivity contribution in [2.24, 2.45) is 0 Å². The number of nitrogens with zero attached hydrogens (tertiary/aromatic N) is 1. The molecule has 0 atom stereocenters. The number of hydrogen-bond donors (Lipinski definition) is 1. The lowest BCUT2D eigenvalue weighted by molar-refractivity contribution is 0.0701. The van der Waals surface area contributed by atoms with Crippen molar-refractivity contribution in [1.82, 2.24) is 4.98 Å². The van der Waals surface area contributed by atoms with Gasteiger partial charge in [-0.1, -0.05) is 60.7 Å². The summed E-state index contributed by atoms with van der Waals surface area (Å²) in [7, 11) is 0. The Morgan fingerprint density at radius 3 is 2.20 bits per heavy atom. The van der Waals surface area contributed by atoms with E-state index in [0.717, 1.165) is 21.7 Å². The lowest BCUT2D eigenvalue weighted by Crippen LogP contribution is -1.94. The SMILES string of the molecule is Cc1nc(-c2ccc(-c3ccc4ccccc4c3)cc2)sc1C(=O)O. The first kappa shape index (κ1) is 15.5. The van der Waals surface area contributed by atoms with Crippen LogP contribution in [0.1, 0.15) is 15.4 Å². The second-order valence-corrected chi connectivity index (χ2v) is 6.88. The summed E-state index contributed by atoms with van der Waals surface area (Å²) in [5.74, 6) is -0.922. The van der Waals surface area contributed by atoms with Crippen molar-refractivity contribution < 1.29 is 9.90 Å². The maximum absolute atomic E-state index is 11.2. The van der Waals surface area contributed by atoms with Gasteiger partial charge in [-0.3, -0.25) is 0 Å². The number of fused-ring (bicyclic) bond motifs is 1. The summed E-state index contributed by atoms with van der Waals surface area (Å²) in [6.07, 6.45) is 0. The molecule has 0 saturated carbocycles. The average molecular weight is 345 g/mol. The highest BCUT2D eigenvalue weighted by Gasteiger charge is 2.15. The molecule has 4 aromatic rings. The molecule has 25 heavy (non-hydrogen) atoms. The van der Waals surface area contributed by atoms with Crippen LogP contribution in [0, 0.1) is 6.92 Å². The van der Waals surface area contributed by atoms with Gasteiger partial charge in [0.2, 0.25) is 0 Å². The minimum absolute atomic E-state index is 0.300. The topological polar surface area (TPSA) is 50.2 Å². The van der Waals surface area contributed by atoms with E-state index in [1.807, 2.05) is 24.3 Å². The first-order valence-electron chi connectivity index (χ1n) is 7.92. The van der Waals surface area contributed by atoms with Crippen LogP contribution in [-0.4, -0.2) is 16.1 Å². The third-order valence-corrected chi connectivity index (χ3v) is 5.40. The Labute approximate surface area is 149 Å². The van der Waals surface area contributed by atoms with Crippen LogP contribution in [0.25, 0.3) is 32.5 Å². The van der Waals surface area contributed by atoms with E-state index < -0.39 is 5.97 Å². The third-order valence-electron chi connectivity index (χ3n) is 4.21. The summed E-state index contributed by atoms with van der Waals surface area (Å²) >= 11 is 1.21. The molecule has 1 heterocycles. The summed E-state index contributed by atoms with van der Waals surface area (Å²) in [6, 6.07) is 22.8. The number of aryl methyl sites for hydroxylation is 1. The van der Waals surface area contributed by atoms with Crippen molar-refractivity contribution in [2.75, 3.05) is 0 Å². The summed E-state index contributed by atoms with van der Waals surface area (Å²) in [5.41, 5.74) is 3.78. The van der Waals surface area contributed by atoms with Gasteiger partial charge in [0.1, 0.15) is 9.88 Å². The molecule has 0 aliphatic rings. The zero-order valence-corrected chi connectivity index (χ0v) is 14.4. The van der Waals surface area contributed by atoms with E-state index in [-0.39, 0.29) is 0 Å². The molecular formula is C21H15NO2S. The van der Waals surface area contributed by atoms with Crippen LogP contribution in [0.3, 0.4) is 0 Å². The van der Waals surface area contributed by atoms with Crippen LogP contribution in [0.2, 0.25) is 0 Å². The van der Waals surface area contributed by atoms with Crippen LogP contribution >= 0.6 is 11.3 Å². The standard InChI is InChI=1S/C21H15NO2S/c1-13-19(21(23)24)25-20(22-13)16-9-6-15(7-10-16)18-11-8-14-4-2-3-5-17(14)12-18/h2-12H,1H3,(H,23,24). The fraction of sp³-hybridized carbons (Fsp3) is 0.0476. The Morgan fingerprint density at radius 2 is 1.52 bits per heavy atom. The normalized spacial score (nSPS) is 10.9. The first-order chi connectivity index (χ1) is 12.1. The number of aromatic carboxylic acids is 1. The third kappa shape index (κ3) is 2.92. The number of carboxylic acid groups (broad SMARTS) is 1. The van der Waals surface area contributed by atoms with Gasteiger partial charge in [0, 0.05) is 5.56 Å². The van der Waals surface area contributed by atoms with Crippen LogP contribution in [0.5, 0.6) is 0 Å². The Hall–Kier alpha value is -2.98. The fourth-order valence-electron chi connectivity index (χ4n) is 2.89. The molecule has 0 radical (unpaired) electrons. The molecule has 0 fully saturated rings. The van der Waals surface area contributed by atoms with Gasteiger partial charge in [-0.15, -0.1) is 11.3 Å². The maximum atomic E-state index is 11.2. The molecule has 0 saturated heterocycles. The average Bonchev–Trinajstić information content (AvgIpc) is 3.03. The van der Waals surface area contributed by atoms with Gasteiger partial charge in [0.25, 0.3) is 0 Å². The van der Waals surface area contributed by atoms with E-state index in [0.29, 0.717) is 10.6 Å². The molecule has 0 unspecified atom stereocenters.